The van der Waals surface area contributed by atoms with E-state index in [0.29, 0.717) is 5.75 Å². The van der Waals surface area contributed by atoms with Crippen LogP contribution in [-0.2, 0) is 11.3 Å². The van der Waals surface area contributed by atoms with E-state index in [1.165, 1.54) is 17.2 Å². The van der Waals surface area contributed by atoms with Gasteiger partial charge in [-0.15, -0.1) is 0 Å². The molecular formula is C25H20N2O5. The molecule has 0 saturated carbocycles. The fraction of sp³-hybridized carbons (Fsp3) is 0.120. The molecule has 0 spiro atoms. The van der Waals surface area contributed by atoms with Crippen molar-refractivity contribution in [3.63, 3.8) is 0 Å². The van der Waals surface area contributed by atoms with E-state index >= 15 is 0 Å². The Morgan fingerprint density at radius 1 is 1.12 bits per heavy atom. The number of Topliss-reactive ketones (excluding diaryl/α,β-unsaturated/α-hetero) is 1. The Morgan fingerprint density at radius 2 is 1.91 bits per heavy atom. The van der Waals surface area contributed by atoms with Gasteiger partial charge in [-0.3, -0.25) is 9.59 Å². The number of hydrogen-bond donors (Lipinski definition) is 2. The number of ether oxygens (including phenoxy) is 1. The molecule has 0 aliphatic carbocycles. The number of amides is 1. The number of carbonyl (C=O) groups excluding carboxylic acids is 2. The standard InChI is InChI=1S/C25H20N2O5/c1-31-16-10-8-15(9-11-16)14-27-22(18-13-26-19-6-3-2-5-17(18)19)21(24(29)25(27)30)23(28)20-7-4-12-32-20/h2-13,22,26,29H,14H2,1H3. The van der Waals surface area contributed by atoms with Crippen LogP contribution in [0.2, 0.25) is 0 Å². The van der Waals surface area contributed by atoms with Crippen molar-refractivity contribution < 1.29 is 23.8 Å². The van der Waals surface area contributed by atoms with Crippen molar-refractivity contribution in [3.8, 4) is 5.75 Å². The number of aliphatic hydroxyl groups excluding tert-OH is 1. The zero-order valence-corrected chi connectivity index (χ0v) is 17.2. The van der Waals surface area contributed by atoms with E-state index in [9.17, 15) is 14.7 Å². The van der Waals surface area contributed by atoms with E-state index in [4.69, 9.17) is 9.15 Å². The molecule has 1 amide bonds. The van der Waals surface area contributed by atoms with E-state index in [0.717, 1.165) is 22.0 Å². The second-order valence-electron chi connectivity index (χ2n) is 7.54. The van der Waals surface area contributed by atoms with Crippen LogP contribution < -0.4 is 4.74 Å². The van der Waals surface area contributed by atoms with Gasteiger partial charge in [-0.25, -0.2) is 0 Å². The zero-order valence-electron chi connectivity index (χ0n) is 17.2. The molecule has 1 aliphatic heterocycles. The van der Waals surface area contributed by atoms with Gasteiger partial charge in [0, 0.05) is 29.2 Å². The average molecular weight is 428 g/mol. The Morgan fingerprint density at radius 3 is 2.62 bits per heavy atom. The molecule has 1 atom stereocenters. The number of methoxy groups -OCH3 is 1. The molecule has 3 heterocycles. The number of ketones is 1. The number of nitrogens with zero attached hydrogens (tertiary/aromatic N) is 1. The van der Waals surface area contributed by atoms with Gasteiger partial charge in [0.05, 0.1) is 25.0 Å². The van der Waals surface area contributed by atoms with Gasteiger partial charge in [-0.1, -0.05) is 30.3 Å². The van der Waals surface area contributed by atoms with E-state index < -0.39 is 23.5 Å². The van der Waals surface area contributed by atoms with Crippen molar-refractivity contribution in [2.24, 2.45) is 0 Å². The third-order valence-corrected chi connectivity index (χ3v) is 5.72. The number of H-pyrrole nitrogens is 1. The molecule has 2 N–H and O–H groups in total. The van der Waals surface area contributed by atoms with Crippen molar-refractivity contribution in [3.05, 3.63) is 101 Å². The third-order valence-electron chi connectivity index (χ3n) is 5.72. The fourth-order valence-corrected chi connectivity index (χ4v) is 4.16. The van der Waals surface area contributed by atoms with Crippen LogP contribution >= 0.6 is 0 Å². The minimum absolute atomic E-state index is 0.00298. The molecule has 2 aromatic carbocycles. The van der Waals surface area contributed by atoms with Gasteiger partial charge in [-0.2, -0.15) is 0 Å². The summed E-state index contributed by atoms with van der Waals surface area (Å²) in [5.74, 6) is -0.922. The van der Waals surface area contributed by atoms with Crippen LogP contribution in [0.15, 0.2) is 88.9 Å². The van der Waals surface area contributed by atoms with Crippen molar-refractivity contribution in [1.29, 1.82) is 0 Å². The highest BCUT2D eigenvalue weighted by atomic mass is 16.5. The number of rotatable bonds is 6. The first-order chi connectivity index (χ1) is 15.6. The van der Waals surface area contributed by atoms with Crippen molar-refractivity contribution >= 4 is 22.6 Å². The fourth-order valence-electron chi connectivity index (χ4n) is 4.16. The van der Waals surface area contributed by atoms with Gasteiger partial charge in [0.25, 0.3) is 5.91 Å². The molecule has 0 radical (unpaired) electrons. The summed E-state index contributed by atoms with van der Waals surface area (Å²) < 4.78 is 10.5. The maximum atomic E-state index is 13.3. The number of aromatic amines is 1. The number of aliphatic hydroxyl groups is 1. The summed E-state index contributed by atoms with van der Waals surface area (Å²) in [6.07, 6.45) is 3.16. The molecule has 4 aromatic rings. The lowest BCUT2D eigenvalue weighted by Gasteiger charge is -2.26. The number of fused-ring (bicyclic) bond motifs is 1. The Hall–Kier alpha value is -4.26. The summed E-state index contributed by atoms with van der Waals surface area (Å²) in [7, 11) is 1.58. The van der Waals surface area contributed by atoms with E-state index in [2.05, 4.69) is 4.98 Å². The Balaban J connectivity index is 1.62. The number of hydrogen-bond acceptors (Lipinski definition) is 5. The lowest BCUT2D eigenvalue weighted by atomic mass is 9.94. The summed E-state index contributed by atoms with van der Waals surface area (Å²) in [5, 5.41) is 11.7. The van der Waals surface area contributed by atoms with Crippen molar-refractivity contribution in [1.82, 2.24) is 9.88 Å². The zero-order chi connectivity index (χ0) is 22.2. The average Bonchev–Trinajstić information content (AvgIpc) is 3.55. The molecule has 2 aromatic heterocycles. The molecule has 1 unspecified atom stereocenters. The SMILES string of the molecule is COc1ccc(CN2C(=O)C(O)=C(C(=O)c3ccco3)C2c2c[nH]c3ccccc23)cc1. The van der Waals surface area contributed by atoms with Crippen LogP contribution in [0, 0.1) is 0 Å². The van der Waals surface area contributed by atoms with Gasteiger partial charge in [0.2, 0.25) is 5.78 Å². The first kappa shape index (κ1) is 19.7. The third kappa shape index (κ3) is 3.15. The number of para-hydroxylation sites is 1. The number of carbonyl (C=O) groups is 2. The summed E-state index contributed by atoms with van der Waals surface area (Å²) in [6.45, 7) is 0.200. The number of furan rings is 1. The monoisotopic (exact) mass is 428 g/mol. The van der Waals surface area contributed by atoms with Crippen molar-refractivity contribution in [2.45, 2.75) is 12.6 Å². The summed E-state index contributed by atoms with van der Waals surface area (Å²) >= 11 is 0. The predicted octanol–water partition coefficient (Wildman–Crippen LogP) is 4.55. The molecule has 7 nitrogen and oxygen atoms in total. The van der Waals surface area contributed by atoms with Crippen LogP contribution in [0.4, 0.5) is 0 Å². The Labute approximate surface area is 183 Å². The highest BCUT2D eigenvalue weighted by molar-refractivity contribution is 6.15. The molecule has 5 rings (SSSR count). The molecule has 32 heavy (non-hydrogen) atoms. The van der Waals surface area contributed by atoms with E-state index in [1.54, 1.807) is 31.5 Å². The Kier molecular flexibility index (Phi) is 4.78. The highest BCUT2D eigenvalue weighted by Gasteiger charge is 2.45. The van der Waals surface area contributed by atoms with Crippen LogP contribution in [0.25, 0.3) is 10.9 Å². The molecule has 0 bridgehead atoms. The van der Waals surface area contributed by atoms with Gasteiger partial charge in [-0.05, 0) is 35.9 Å². The van der Waals surface area contributed by atoms with E-state index in [1.807, 2.05) is 36.4 Å². The van der Waals surface area contributed by atoms with Crippen LogP contribution in [0.1, 0.15) is 27.7 Å². The minimum Gasteiger partial charge on any atom is -0.503 e. The first-order valence-electron chi connectivity index (χ1n) is 10.1. The smallest absolute Gasteiger partial charge is 0.290 e. The number of benzene rings is 2. The van der Waals surface area contributed by atoms with Crippen LogP contribution in [-0.4, -0.2) is 33.8 Å². The largest absolute Gasteiger partial charge is 0.503 e. The molecule has 0 fully saturated rings. The maximum Gasteiger partial charge on any atom is 0.290 e. The van der Waals surface area contributed by atoms with Gasteiger partial charge < -0.3 is 24.1 Å². The lowest BCUT2D eigenvalue weighted by Crippen LogP contribution is -2.30. The maximum absolute atomic E-state index is 13.3. The van der Waals surface area contributed by atoms with E-state index in [-0.39, 0.29) is 17.9 Å². The first-order valence-corrected chi connectivity index (χ1v) is 10.1. The number of aromatic nitrogens is 1. The second-order valence-corrected chi connectivity index (χ2v) is 7.54. The second kappa shape index (κ2) is 7.77. The molecule has 160 valence electrons. The molecule has 7 heteroatoms. The lowest BCUT2D eigenvalue weighted by molar-refractivity contribution is -0.130. The quantitative estimate of drug-likeness (QED) is 0.439. The Bertz CT molecular complexity index is 1330. The number of nitrogens with one attached hydrogen (secondary N) is 1. The summed E-state index contributed by atoms with van der Waals surface area (Å²) in [5.41, 5.74) is 2.43. The summed E-state index contributed by atoms with van der Waals surface area (Å²) in [4.78, 5) is 31.1. The topological polar surface area (TPSA) is 95.8 Å². The van der Waals surface area contributed by atoms with Gasteiger partial charge in [0.15, 0.2) is 11.5 Å². The van der Waals surface area contributed by atoms with Gasteiger partial charge >= 0.3 is 0 Å². The minimum atomic E-state index is -0.779. The molecular weight excluding hydrogens is 408 g/mol. The van der Waals surface area contributed by atoms with Gasteiger partial charge in [0.1, 0.15) is 5.75 Å². The molecule has 0 saturated heterocycles. The van der Waals surface area contributed by atoms with Crippen LogP contribution in [0.3, 0.4) is 0 Å². The predicted molar refractivity (Wildman–Crippen MR) is 117 cm³/mol. The normalized spacial score (nSPS) is 16.2. The van der Waals surface area contributed by atoms with Crippen LogP contribution in [0.5, 0.6) is 5.75 Å². The van der Waals surface area contributed by atoms with Crippen molar-refractivity contribution in [2.75, 3.05) is 7.11 Å². The highest BCUT2D eigenvalue weighted by Crippen LogP contribution is 2.42. The molecule has 1 aliphatic rings. The summed E-state index contributed by atoms with van der Waals surface area (Å²) in [6, 6.07) is 17.3.